The Hall–Kier alpha value is -2.05. The number of carbonyl (C=O) groups excluding carboxylic acids is 1. The van der Waals surface area contributed by atoms with Gasteiger partial charge in [0.2, 0.25) is 0 Å². The Kier molecular flexibility index (Phi) is 25.8. The first-order chi connectivity index (χ1) is 21.8. The van der Waals surface area contributed by atoms with Crippen LogP contribution in [0, 0.1) is 0 Å². The van der Waals surface area contributed by atoms with Crippen LogP contribution < -0.4 is 5.09 Å². The number of nitrogens with one attached hydrogen (secondary N) is 1. The van der Waals surface area contributed by atoms with Crippen LogP contribution in [-0.4, -0.2) is 34.4 Å². The van der Waals surface area contributed by atoms with Crippen LogP contribution in [0.3, 0.4) is 0 Å². The molecule has 0 rings (SSSR count). The lowest BCUT2D eigenvalue weighted by atomic mass is 10.0. The molecule has 0 saturated heterocycles. The van der Waals surface area contributed by atoms with Gasteiger partial charge in [0.25, 0.3) is 0 Å². The van der Waals surface area contributed by atoms with E-state index in [1.807, 2.05) is 0 Å². The summed E-state index contributed by atoms with van der Waals surface area (Å²) in [7, 11) is -4.19. The summed E-state index contributed by atoms with van der Waals surface area (Å²) < 4.78 is 17.9. The third-order valence-electron chi connectivity index (χ3n) is 7.93. The molecule has 0 heterocycles. The Morgan fingerprint density at radius 2 is 1.17 bits per heavy atom. The third kappa shape index (κ3) is 27.1. The van der Waals surface area contributed by atoms with Crippen LogP contribution in [0.2, 0.25) is 0 Å². The van der Waals surface area contributed by atoms with E-state index in [2.05, 4.69) is 83.9 Å². The van der Waals surface area contributed by atoms with Crippen molar-refractivity contribution >= 4 is 19.5 Å². The number of carboxylic acid groups (broad SMARTS) is 1. The van der Waals surface area contributed by atoms with Crippen LogP contribution in [0.5, 0.6) is 0 Å². The Morgan fingerprint density at radius 1 is 0.674 bits per heavy atom. The smallest absolute Gasteiger partial charge is 0.403 e. The molecule has 264 valence electrons. The van der Waals surface area contributed by atoms with Crippen LogP contribution in [0.4, 0.5) is 0 Å². The van der Waals surface area contributed by atoms with Crippen molar-refractivity contribution < 1.29 is 28.7 Å². The Morgan fingerprint density at radius 3 is 1.67 bits per heavy atom. The van der Waals surface area contributed by atoms with Crippen LogP contribution in [-0.2, 0) is 18.7 Å². The van der Waals surface area contributed by atoms with E-state index in [1.54, 1.807) is 0 Å². The zero-order valence-electron chi connectivity index (χ0n) is 30.2. The van der Waals surface area contributed by atoms with Gasteiger partial charge >= 0.3 is 13.7 Å². The summed E-state index contributed by atoms with van der Waals surface area (Å²) in [6.07, 6.45) is 25.2. The molecule has 8 heteroatoms. The molecule has 0 radical (unpaired) electrons. The number of rotatable bonds is 28. The number of hydrogen-bond donors (Lipinski definition) is 3. The van der Waals surface area contributed by atoms with Crippen molar-refractivity contribution in [2.45, 2.75) is 164 Å². The summed E-state index contributed by atoms with van der Waals surface area (Å²) in [4.78, 5) is 33.7. The summed E-state index contributed by atoms with van der Waals surface area (Å²) >= 11 is 0. The van der Waals surface area contributed by atoms with Gasteiger partial charge in [0.1, 0.15) is 0 Å². The van der Waals surface area contributed by atoms with Gasteiger partial charge < -0.3 is 10.00 Å². The van der Waals surface area contributed by atoms with E-state index in [0.29, 0.717) is 12.8 Å². The van der Waals surface area contributed by atoms with E-state index >= 15 is 0 Å². The van der Waals surface area contributed by atoms with E-state index in [4.69, 9.17) is 9.63 Å². The largest absolute Gasteiger partial charge is 0.481 e. The average molecular weight is 664 g/mol. The highest BCUT2D eigenvalue weighted by molar-refractivity contribution is 7.50. The standard InChI is InChI=1S/C38H66NO6P/c1-8-9-10-11-27-36(37(40)28-29-38(41)42)39-46(43,44)45-30-17-26-35(7)25-16-23-33(5)20-13-12-19-32(4)22-15-24-34(6)21-14-18-31(2)3/h18-20,24-25,36H,8-17,21-23,26-30H2,1-7H3,(H,41,42)(H2,39,43,44)/b32-19+,33-20+,34-24+,35-25+. The van der Waals surface area contributed by atoms with Gasteiger partial charge in [-0.2, -0.15) is 0 Å². The van der Waals surface area contributed by atoms with Gasteiger partial charge in [-0.1, -0.05) is 90.9 Å². The Labute approximate surface area is 281 Å². The van der Waals surface area contributed by atoms with Crippen molar-refractivity contribution in [1.29, 1.82) is 0 Å². The molecular weight excluding hydrogens is 597 g/mol. The van der Waals surface area contributed by atoms with Crippen molar-refractivity contribution in [2.24, 2.45) is 0 Å². The van der Waals surface area contributed by atoms with Gasteiger partial charge in [-0.15, -0.1) is 0 Å². The van der Waals surface area contributed by atoms with E-state index in [0.717, 1.165) is 83.5 Å². The Balaban J connectivity index is 4.43. The topological polar surface area (TPSA) is 113 Å². The molecular formula is C38H66NO6P. The minimum Gasteiger partial charge on any atom is -0.481 e. The molecule has 0 aromatic heterocycles. The first kappa shape index (κ1) is 43.9. The maximum Gasteiger partial charge on any atom is 0.403 e. The molecule has 0 aliphatic rings. The van der Waals surface area contributed by atoms with Crippen LogP contribution in [0.25, 0.3) is 0 Å². The lowest BCUT2D eigenvalue weighted by molar-refractivity contribution is -0.138. The zero-order valence-corrected chi connectivity index (χ0v) is 31.1. The van der Waals surface area contributed by atoms with Gasteiger partial charge in [-0.05, 0) is 112 Å². The van der Waals surface area contributed by atoms with E-state index < -0.39 is 19.8 Å². The third-order valence-corrected chi connectivity index (χ3v) is 9.10. The van der Waals surface area contributed by atoms with Crippen molar-refractivity contribution in [3.8, 4) is 0 Å². The SMILES string of the molecule is CCCCCCC(NP(=O)(O)OCCC/C(C)=C/CC/C(C)=C/CC/C=C(\C)CC/C=C(\C)CCC=C(C)C)C(=O)CCC(=O)O. The number of carboxylic acids is 1. The van der Waals surface area contributed by atoms with Gasteiger partial charge in [0.05, 0.1) is 19.1 Å². The monoisotopic (exact) mass is 663 g/mol. The fraction of sp³-hybridized carbons (Fsp3) is 0.684. The minimum absolute atomic E-state index is 0.0931. The van der Waals surface area contributed by atoms with Gasteiger partial charge in [0, 0.05) is 6.42 Å². The number of allylic oxidation sites excluding steroid dienone is 10. The number of aliphatic carboxylic acids is 1. The fourth-order valence-corrected chi connectivity index (χ4v) is 6.12. The highest BCUT2D eigenvalue weighted by Gasteiger charge is 2.28. The molecule has 0 bridgehead atoms. The molecule has 0 aromatic rings. The molecule has 3 N–H and O–H groups in total. The molecule has 0 aliphatic heterocycles. The molecule has 0 amide bonds. The van der Waals surface area contributed by atoms with Crippen molar-refractivity contribution in [3.63, 3.8) is 0 Å². The van der Waals surface area contributed by atoms with Crippen LogP contribution >= 0.6 is 7.75 Å². The number of carbonyl (C=O) groups is 2. The molecule has 0 saturated carbocycles. The summed E-state index contributed by atoms with van der Waals surface area (Å²) in [5.41, 5.74) is 6.94. The van der Waals surface area contributed by atoms with Crippen molar-refractivity contribution in [3.05, 3.63) is 58.2 Å². The maximum atomic E-state index is 12.6. The summed E-state index contributed by atoms with van der Waals surface area (Å²) in [5.74, 6) is -1.43. The van der Waals surface area contributed by atoms with Crippen molar-refractivity contribution in [1.82, 2.24) is 5.09 Å². The summed E-state index contributed by atoms with van der Waals surface area (Å²) in [6, 6.07) is -0.885. The molecule has 46 heavy (non-hydrogen) atoms. The number of unbranched alkanes of at least 4 members (excludes halogenated alkanes) is 4. The quantitative estimate of drug-likeness (QED) is 0.0434. The van der Waals surface area contributed by atoms with Gasteiger partial charge in [-0.3, -0.25) is 14.1 Å². The first-order valence-electron chi connectivity index (χ1n) is 17.5. The molecule has 2 unspecified atom stereocenters. The predicted octanol–water partition coefficient (Wildman–Crippen LogP) is 11.1. The number of hydrogen-bond acceptors (Lipinski definition) is 4. The second-order valence-corrected chi connectivity index (χ2v) is 14.6. The lowest BCUT2D eigenvalue weighted by Gasteiger charge is -2.21. The fourth-order valence-electron chi connectivity index (χ4n) is 5.00. The molecule has 0 fully saturated rings. The normalized spacial score (nSPS) is 15.0. The second-order valence-electron chi connectivity index (χ2n) is 13.0. The highest BCUT2D eigenvalue weighted by Crippen LogP contribution is 2.38. The molecule has 0 aliphatic carbocycles. The molecule has 2 atom stereocenters. The minimum atomic E-state index is -4.19. The molecule has 0 spiro atoms. The number of Topliss-reactive ketones (excluding diaryl/α,β-unsaturated/α-hetero) is 1. The number of ketones is 1. The predicted molar refractivity (Wildman–Crippen MR) is 194 cm³/mol. The second kappa shape index (κ2) is 27.0. The lowest BCUT2D eigenvalue weighted by Crippen LogP contribution is -2.35. The summed E-state index contributed by atoms with van der Waals surface area (Å²) in [5, 5.41) is 11.4. The first-order valence-corrected chi connectivity index (χ1v) is 19.1. The Bertz CT molecular complexity index is 1080. The van der Waals surface area contributed by atoms with Gasteiger partial charge in [0.15, 0.2) is 5.78 Å². The van der Waals surface area contributed by atoms with E-state index in [-0.39, 0.29) is 25.2 Å². The summed E-state index contributed by atoms with van der Waals surface area (Å²) in [6.45, 7) is 15.2. The van der Waals surface area contributed by atoms with Crippen molar-refractivity contribution in [2.75, 3.05) is 6.61 Å². The maximum absolute atomic E-state index is 12.6. The van der Waals surface area contributed by atoms with Gasteiger partial charge in [-0.25, -0.2) is 9.65 Å². The van der Waals surface area contributed by atoms with E-state index in [1.165, 1.54) is 27.9 Å². The highest BCUT2D eigenvalue weighted by atomic mass is 31.2. The average Bonchev–Trinajstić information content (AvgIpc) is 2.97. The van der Waals surface area contributed by atoms with Crippen LogP contribution in [0.1, 0.15) is 158 Å². The molecule has 7 nitrogen and oxygen atoms in total. The molecule has 0 aromatic carbocycles. The van der Waals surface area contributed by atoms with Crippen LogP contribution in [0.15, 0.2) is 58.2 Å². The zero-order chi connectivity index (χ0) is 34.8. The van der Waals surface area contributed by atoms with E-state index in [9.17, 15) is 19.0 Å².